The summed E-state index contributed by atoms with van der Waals surface area (Å²) in [4.78, 5) is 5.50. The minimum atomic E-state index is 0.578. The molecule has 0 atom stereocenters. The average Bonchev–Trinajstić information content (AvgIpc) is 2.86. The highest BCUT2D eigenvalue weighted by molar-refractivity contribution is 7.15. The van der Waals surface area contributed by atoms with E-state index < -0.39 is 0 Å². The molecule has 2 aromatic carbocycles. The molecule has 112 valence electrons. The third kappa shape index (κ3) is 3.12. The molecule has 1 heterocycles. The van der Waals surface area contributed by atoms with Crippen LogP contribution in [0.15, 0.2) is 48.5 Å². The highest BCUT2D eigenvalue weighted by Crippen LogP contribution is 2.29. The minimum absolute atomic E-state index is 0.578. The number of benzene rings is 2. The number of hydrogen-bond acceptors (Lipinski definition) is 4. The Kier molecular flexibility index (Phi) is 4.11. The van der Waals surface area contributed by atoms with Crippen LogP contribution in [-0.4, -0.2) is 4.98 Å². The highest BCUT2D eigenvalue weighted by Gasteiger charge is 2.08. The molecule has 3 aromatic rings. The monoisotopic (exact) mass is 310 g/mol. The van der Waals surface area contributed by atoms with Crippen LogP contribution >= 0.6 is 11.3 Å². The molecule has 1 aromatic heterocycles. The van der Waals surface area contributed by atoms with Gasteiger partial charge in [0.1, 0.15) is 12.4 Å². The molecular formula is C18H18N2OS. The van der Waals surface area contributed by atoms with Crippen molar-refractivity contribution in [3.05, 3.63) is 64.5 Å². The molecule has 0 aliphatic heterocycles. The second-order valence-electron chi connectivity index (χ2n) is 5.20. The summed E-state index contributed by atoms with van der Waals surface area (Å²) in [7, 11) is 0. The quantitative estimate of drug-likeness (QED) is 0.767. The van der Waals surface area contributed by atoms with E-state index in [0.717, 1.165) is 21.9 Å². The second kappa shape index (κ2) is 6.20. The SMILES string of the molecule is Cc1ccccc1COc1ccc(-c2nc(N)sc2C)cc1. The second-order valence-corrected chi connectivity index (χ2v) is 6.43. The first-order valence-corrected chi connectivity index (χ1v) is 7.96. The van der Waals surface area contributed by atoms with Gasteiger partial charge in [0.25, 0.3) is 0 Å². The molecule has 0 bridgehead atoms. The van der Waals surface area contributed by atoms with E-state index in [9.17, 15) is 0 Å². The molecule has 0 unspecified atom stereocenters. The maximum Gasteiger partial charge on any atom is 0.180 e. The van der Waals surface area contributed by atoms with Crippen LogP contribution in [0.3, 0.4) is 0 Å². The van der Waals surface area contributed by atoms with Crippen molar-refractivity contribution in [3.8, 4) is 17.0 Å². The molecule has 0 fully saturated rings. The molecule has 3 rings (SSSR count). The van der Waals surface area contributed by atoms with Gasteiger partial charge in [0.2, 0.25) is 0 Å². The Morgan fingerprint density at radius 1 is 1.05 bits per heavy atom. The van der Waals surface area contributed by atoms with Crippen molar-refractivity contribution in [1.82, 2.24) is 4.98 Å². The molecule has 0 saturated heterocycles. The normalized spacial score (nSPS) is 10.6. The molecule has 0 radical (unpaired) electrons. The summed E-state index contributed by atoms with van der Waals surface area (Å²) >= 11 is 1.51. The zero-order chi connectivity index (χ0) is 15.5. The van der Waals surface area contributed by atoms with Crippen molar-refractivity contribution in [2.75, 3.05) is 5.73 Å². The van der Waals surface area contributed by atoms with Crippen LogP contribution in [0.25, 0.3) is 11.3 Å². The Hall–Kier alpha value is -2.33. The molecular weight excluding hydrogens is 292 g/mol. The number of nitrogen functional groups attached to an aromatic ring is 1. The van der Waals surface area contributed by atoms with Gasteiger partial charge < -0.3 is 10.5 Å². The summed E-state index contributed by atoms with van der Waals surface area (Å²) in [5, 5.41) is 0.604. The third-order valence-corrected chi connectivity index (χ3v) is 4.40. The lowest BCUT2D eigenvalue weighted by atomic mass is 10.1. The van der Waals surface area contributed by atoms with Crippen LogP contribution in [0.2, 0.25) is 0 Å². The maximum absolute atomic E-state index is 5.86. The summed E-state index contributed by atoms with van der Waals surface area (Å²) in [5.74, 6) is 0.854. The Morgan fingerprint density at radius 3 is 2.41 bits per heavy atom. The summed E-state index contributed by atoms with van der Waals surface area (Å²) in [6.45, 7) is 4.71. The number of anilines is 1. The summed E-state index contributed by atoms with van der Waals surface area (Å²) < 4.78 is 5.86. The fourth-order valence-electron chi connectivity index (χ4n) is 2.33. The third-order valence-electron chi connectivity index (χ3n) is 3.60. The van der Waals surface area contributed by atoms with Crippen LogP contribution in [0.5, 0.6) is 5.75 Å². The lowest BCUT2D eigenvalue weighted by Crippen LogP contribution is -1.97. The number of ether oxygens (including phenoxy) is 1. The van der Waals surface area contributed by atoms with Gasteiger partial charge in [0.05, 0.1) is 5.69 Å². The van der Waals surface area contributed by atoms with Crippen molar-refractivity contribution < 1.29 is 4.74 Å². The zero-order valence-corrected chi connectivity index (χ0v) is 13.5. The van der Waals surface area contributed by atoms with E-state index in [1.807, 2.05) is 43.3 Å². The van der Waals surface area contributed by atoms with E-state index in [2.05, 4.69) is 24.0 Å². The first-order valence-electron chi connectivity index (χ1n) is 7.14. The molecule has 0 aliphatic rings. The van der Waals surface area contributed by atoms with Crippen molar-refractivity contribution in [3.63, 3.8) is 0 Å². The minimum Gasteiger partial charge on any atom is -0.489 e. The van der Waals surface area contributed by atoms with Gasteiger partial charge >= 0.3 is 0 Å². The van der Waals surface area contributed by atoms with E-state index in [0.29, 0.717) is 11.7 Å². The van der Waals surface area contributed by atoms with Crippen LogP contribution in [0.4, 0.5) is 5.13 Å². The number of nitrogens with zero attached hydrogens (tertiary/aromatic N) is 1. The fourth-order valence-corrected chi connectivity index (χ4v) is 3.04. The number of hydrogen-bond donors (Lipinski definition) is 1. The molecule has 0 saturated carbocycles. The predicted octanol–water partition coefficient (Wildman–Crippen LogP) is 4.59. The lowest BCUT2D eigenvalue weighted by molar-refractivity contribution is 0.305. The first-order chi connectivity index (χ1) is 10.6. The number of aryl methyl sites for hydroxylation is 2. The maximum atomic E-state index is 5.86. The van der Waals surface area contributed by atoms with Gasteiger partial charge in [-0.15, -0.1) is 11.3 Å². The average molecular weight is 310 g/mol. The van der Waals surface area contributed by atoms with E-state index in [-0.39, 0.29) is 0 Å². The fraction of sp³-hybridized carbons (Fsp3) is 0.167. The van der Waals surface area contributed by atoms with Crippen LogP contribution in [0.1, 0.15) is 16.0 Å². The molecule has 22 heavy (non-hydrogen) atoms. The standard InChI is InChI=1S/C18H18N2OS/c1-12-5-3-4-6-15(12)11-21-16-9-7-14(8-10-16)17-13(2)22-18(19)20-17/h3-10H,11H2,1-2H3,(H2,19,20). The molecule has 4 heteroatoms. The topological polar surface area (TPSA) is 48.1 Å². The van der Waals surface area contributed by atoms with Crippen LogP contribution in [0, 0.1) is 13.8 Å². The van der Waals surface area contributed by atoms with Crippen molar-refractivity contribution in [1.29, 1.82) is 0 Å². The van der Waals surface area contributed by atoms with E-state index >= 15 is 0 Å². The Labute approximate surface area is 134 Å². The molecule has 0 spiro atoms. The molecule has 3 nitrogen and oxygen atoms in total. The smallest absolute Gasteiger partial charge is 0.180 e. The first kappa shape index (κ1) is 14.6. The van der Waals surface area contributed by atoms with Gasteiger partial charge in [-0.25, -0.2) is 4.98 Å². The van der Waals surface area contributed by atoms with Crippen molar-refractivity contribution in [2.45, 2.75) is 20.5 Å². The number of aromatic nitrogens is 1. The molecule has 0 amide bonds. The Morgan fingerprint density at radius 2 is 1.77 bits per heavy atom. The Bertz CT molecular complexity index is 778. The summed E-state index contributed by atoms with van der Waals surface area (Å²) in [6.07, 6.45) is 0. The Balaban J connectivity index is 1.72. The van der Waals surface area contributed by atoms with E-state index in [1.165, 1.54) is 22.5 Å². The predicted molar refractivity (Wildman–Crippen MR) is 92.2 cm³/mol. The van der Waals surface area contributed by atoms with Gasteiger partial charge in [0, 0.05) is 10.4 Å². The van der Waals surface area contributed by atoms with Gasteiger partial charge in [-0.05, 0) is 49.2 Å². The highest BCUT2D eigenvalue weighted by atomic mass is 32.1. The summed E-state index contributed by atoms with van der Waals surface area (Å²) in [6, 6.07) is 16.2. The van der Waals surface area contributed by atoms with Crippen LogP contribution in [-0.2, 0) is 6.61 Å². The largest absolute Gasteiger partial charge is 0.489 e. The van der Waals surface area contributed by atoms with Crippen LogP contribution < -0.4 is 10.5 Å². The zero-order valence-electron chi connectivity index (χ0n) is 12.7. The van der Waals surface area contributed by atoms with Crippen molar-refractivity contribution in [2.24, 2.45) is 0 Å². The van der Waals surface area contributed by atoms with E-state index in [1.54, 1.807) is 0 Å². The number of thiazole rings is 1. The number of nitrogens with two attached hydrogens (primary N) is 1. The van der Waals surface area contributed by atoms with Crippen molar-refractivity contribution >= 4 is 16.5 Å². The molecule has 0 aliphatic carbocycles. The summed E-state index contributed by atoms with van der Waals surface area (Å²) in [5.41, 5.74) is 10.2. The van der Waals surface area contributed by atoms with E-state index in [4.69, 9.17) is 10.5 Å². The lowest BCUT2D eigenvalue weighted by Gasteiger charge is -2.09. The number of rotatable bonds is 4. The molecule has 2 N–H and O–H groups in total. The van der Waals surface area contributed by atoms with Gasteiger partial charge in [-0.3, -0.25) is 0 Å². The van der Waals surface area contributed by atoms with Gasteiger partial charge in [-0.2, -0.15) is 0 Å². The van der Waals surface area contributed by atoms with Gasteiger partial charge in [0.15, 0.2) is 5.13 Å². The van der Waals surface area contributed by atoms with Gasteiger partial charge in [-0.1, -0.05) is 24.3 Å².